The number of anilines is 1. The lowest BCUT2D eigenvalue weighted by Gasteiger charge is -2.17. The molecule has 1 heterocycles. The highest BCUT2D eigenvalue weighted by Gasteiger charge is 2.35. The summed E-state index contributed by atoms with van der Waals surface area (Å²) in [6, 6.07) is 8.68. The number of fused-ring (bicyclic) bond motifs is 3. The van der Waals surface area contributed by atoms with Crippen LogP contribution in [-0.2, 0) is 6.18 Å². The molecule has 114 valence electrons. The molecule has 0 aliphatic rings. The van der Waals surface area contributed by atoms with Crippen molar-refractivity contribution in [3.8, 4) is 0 Å². The molecule has 3 nitrogen and oxygen atoms in total. The maximum atomic E-state index is 13.2. The molecule has 0 saturated heterocycles. The van der Waals surface area contributed by atoms with Crippen LogP contribution in [0, 0.1) is 6.92 Å². The maximum absolute atomic E-state index is 13.2. The maximum Gasteiger partial charge on any atom is 0.434 e. The van der Waals surface area contributed by atoms with Crippen LogP contribution in [0.5, 0.6) is 0 Å². The fourth-order valence-corrected chi connectivity index (χ4v) is 2.65. The van der Waals surface area contributed by atoms with Gasteiger partial charge in [0, 0.05) is 35.9 Å². The summed E-state index contributed by atoms with van der Waals surface area (Å²) in [5.41, 5.74) is 0.386. The third-order valence-corrected chi connectivity index (χ3v) is 3.56. The van der Waals surface area contributed by atoms with Gasteiger partial charge in [0.2, 0.25) is 0 Å². The topological polar surface area (TPSA) is 29.0 Å². The summed E-state index contributed by atoms with van der Waals surface area (Å²) < 4.78 is 39.6. The second-order valence-corrected chi connectivity index (χ2v) is 5.35. The molecule has 22 heavy (non-hydrogen) atoms. The summed E-state index contributed by atoms with van der Waals surface area (Å²) in [6.45, 7) is 1.48. The highest BCUT2D eigenvalue weighted by atomic mass is 19.4. The van der Waals surface area contributed by atoms with Crippen LogP contribution in [0.2, 0.25) is 0 Å². The van der Waals surface area contributed by atoms with Gasteiger partial charge in [-0.25, -0.2) is 9.97 Å². The van der Waals surface area contributed by atoms with Crippen LogP contribution in [0.1, 0.15) is 11.5 Å². The third kappa shape index (κ3) is 2.24. The molecule has 6 heteroatoms. The number of nitrogens with zero attached hydrogens (tertiary/aromatic N) is 3. The van der Waals surface area contributed by atoms with Gasteiger partial charge in [0.15, 0.2) is 5.69 Å². The van der Waals surface area contributed by atoms with Crippen LogP contribution in [0.25, 0.3) is 21.7 Å². The fraction of sp³-hybridized carbons (Fsp3) is 0.250. The van der Waals surface area contributed by atoms with E-state index in [1.807, 2.05) is 31.1 Å². The van der Waals surface area contributed by atoms with E-state index in [1.165, 1.54) is 13.0 Å². The minimum Gasteiger partial charge on any atom is -0.377 e. The van der Waals surface area contributed by atoms with E-state index in [9.17, 15) is 13.2 Å². The molecule has 2 aromatic carbocycles. The Kier molecular flexibility index (Phi) is 3.20. The van der Waals surface area contributed by atoms with Gasteiger partial charge in [-0.15, -0.1) is 0 Å². The molecule has 0 saturated carbocycles. The first kappa shape index (κ1) is 14.6. The quantitative estimate of drug-likeness (QED) is 0.632. The first-order valence-corrected chi connectivity index (χ1v) is 6.73. The predicted octanol–water partition coefficient (Wildman–Crippen LogP) is 4.18. The SMILES string of the molecule is Cc1nc(C(F)(F)F)c2ccc3c(N(C)C)cccc3c2n1. The molecule has 0 bridgehead atoms. The van der Waals surface area contributed by atoms with E-state index in [0.717, 1.165) is 11.1 Å². The lowest BCUT2D eigenvalue weighted by molar-refractivity contribution is -0.139. The van der Waals surface area contributed by atoms with E-state index < -0.39 is 11.9 Å². The lowest BCUT2D eigenvalue weighted by Crippen LogP contribution is -2.11. The highest BCUT2D eigenvalue weighted by molar-refractivity contribution is 6.10. The molecule has 0 spiro atoms. The van der Waals surface area contributed by atoms with Gasteiger partial charge in [-0.2, -0.15) is 13.2 Å². The first-order chi connectivity index (χ1) is 10.3. The first-order valence-electron chi connectivity index (χ1n) is 6.73. The van der Waals surface area contributed by atoms with Crippen molar-refractivity contribution in [2.45, 2.75) is 13.1 Å². The smallest absolute Gasteiger partial charge is 0.377 e. The van der Waals surface area contributed by atoms with Crippen molar-refractivity contribution in [3.05, 3.63) is 41.9 Å². The van der Waals surface area contributed by atoms with E-state index in [0.29, 0.717) is 10.9 Å². The molecule has 3 rings (SSSR count). The highest BCUT2D eigenvalue weighted by Crippen LogP contribution is 2.37. The standard InChI is InChI=1S/C16H14F3N3/c1-9-20-14-11-5-4-6-13(22(2)3)10(11)7-8-12(14)15(21-9)16(17,18)19/h4-8H,1-3H3. The minimum atomic E-state index is -4.50. The van der Waals surface area contributed by atoms with Crippen LogP contribution in [0.3, 0.4) is 0 Å². The number of hydrogen-bond acceptors (Lipinski definition) is 3. The molecule has 0 radical (unpaired) electrons. The van der Waals surface area contributed by atoms with Gasteiger partial charge in [-0.3, -0.25) is 0 Å². The molecule has 0 aliphatic carbocycles. The van der Waals surface area contributed by atoms with Crippen molar-refractivity contribution in [1.82, 2.24) is 9.97 Å². The third-order valence-electron chi connectivity index (χ3n) is 3.56. The van der Waals surface area contributed by atoms with E-state index in [1.54, 1.807) is 12.1 Å². The lowest BCUT2D eigenvalue weighted by atomic mass is 10.0. The molecular formula is C16H14F3N3. The fourth-order valence-electron chi connectivity index (χ4n) is 2.65. The Morgan fingerprint density at radius 3 is 2.23 bits per heavy atom. The number of benzene rings is 2. The second kappa shape index (κ2) is 4.83. The largest absolute Gasteiger partial charge is 0.434 e. The summed E-state index contributed by atoms with van der Waals surface area (Å²) in [5, 5.41) is 1.59. The van der Waals surface area contributed by atoms with E-state index in [4.69, 9.17) is 0 Å². The average Bonchev–Trinajstić information content (AvgIpc) is 2.44. The molecule has 0 fully saturated rings. The van der Waals surface area contributed by atoms with Crippen molar-refractivity contribution >= 4 is 27.4 Å². The van der Waals surface area contributed by atoms with Gasteiger partial charge in [-0.1, -0.05) is 18.2 Å². The number of alkyl halides is 3. The Morgan fingerprint density at radius 2 is 1.59 bits per heavy atom. The van der Waals surface area contributed by atoms with Gasteiger partial charge in [-0.05, 0) is 19.1 Å². The second-order valence-electron chi connectivity index (χ2n) is 5.35. The molecule has 1 aromatic heterocycles. The molecule has 0 aliphatic heterocycles. The zero-order valence-corrected chi connectivity index (χ0v) is 12.4. The van der Waals surface area contributed by atoms with Crippen molar-refractivity contribution in [1.29, 1.82) is 0 Å². The Hall–Kier alpha value is -2.37. The molecule has 0 atom stereocenters. The van der Waals surface area contributed by atoms with E-state index in [-0.39, 0.29) is 11.2 Å². The van der Waals surface area contributed by atoms with Gasteiger partial charge in [0.1, 0.15) is 5.82 Å². The van der Waals surface area contributed by atoms with Crippen molar-refractivity contribution in [3.63, 3.8) is 0 Å². The van der Waals surface area contributed by atoms with E-state index in [2.05, 4.69) is 9.97 Å². The molecule has 0 N–H and O–H groups in total. The zero-order chi connectivity index (χ0) is 16.1. The summed E-state index contributed by atoms with van der Waals surface area (Å²) in [5.74, 6) is 0.114. The Morgan fingerprint density at radius 1 is 0.909 bits per heavy atom. The normalized spacial score (nSPS) is 12.1. The molecule has 0 amide bonds. The predicted molar refractivity (Wildman–Crippen MR) is 81.1 cm³/mol. The van der Waals surface area contributed by atoms with Crippen LogP contribution in [0.4, 0.5) is 18.9 Å². The van der Waals surface area contributed by atoms with Crippen LogP contribution < -0.4 is 4.90 Å². The van der Waals surface area contributed by atoms with Gasteiger partial charge in [0.05, 0.1) is 5.52 Å². The Bertz CT molecular complexity index is 870. The summed E-state index contributed by atoms with van der Waals surface area (Å²) in [6.07, 6.45) is -4.50. The number of hydrogen-bond donors (Lipinski definition) is 0. The Labute approximate surface area is 125 Å². The molecule has 3 aromatic rings. The van der Waals surface area contributed by atoms with Gasteiger partial charge < -0.3 is 4.90 Å². The zero-order valence-electron chi connectivity index (χ0n) is 12.4. The average molecular weight is 305 g/mol. The Balaban J connectivity index is 2.48. The molecular weight excluding hydrogens is 291 g/mol. The summed E-state index contributed by atoms with van der Waals surface area (Å²) in [4.78, 5) is 9.76. The summed E-state index contributed by atoms with van der Waals surface area (Å²) in [7, 11) is 3.79. The number of aromatic nitrogens is 2. The van der Waals surface area contributed by atoms with Gasteiger partial charge >= 0.3 is 6.18 Å². The van der Waals surface area contributed by atoms with Crippen molar-refractivity contribution in [2.24, 2.45) is 0 Å². The van der Waals surface area contributed by atoms with E-state index >= 15 is 0 Å². The molecule has 0 unspecified atom stereocenters. The van der Waals surface area contributed by atoms with Crippen molar-refractivity contribution in [2.75, 3.05) is 19.0 Å². The van der Waals surface area contributed by atoms with Crippen LogP contribution >= 0.6 is 0 Å². The monoisotopic (exact) mass is 305 g/mol. The summed E-state index contributed by atoms with van der Waals surface area (Å²) >= 11 is 0. The van der Waals surface area contributed by atoms with Crippen LogP contribution in [-0.4, -0.2) is 24.1 Å². The van der Waals surface area contributed by atoms with Crippen LogP contribution in [0.15, 0.2) is 30.3 Å². The number of rotatable bonds is 1. The minimum absolute atomic E-state index is 0.0292. The van der Waals surface area contributed by atoms with Crippen molar-refractivity contribution < 1.29 is 13.2 Å². The van der Waals surface area contributed by atoms with Gasteiger partial charge in [0.25, 0.3) is 0 Å². The number of halogens is 3. The number of aryl methyl sites for hydroxylation is 1.